The molecule has 7 nitrogen and oxygen atoms in total. The lowest BCUT2D eigenvalue weighted by atomic mass is 10.2. The predicted octanol–water partition coefficient (Wildman–Crippen LogP) is 3.21. The van der Waals surface area contributed by atoms with Crippen molar-refractivity contribution in [2.75, 3.05) is 23.9 Å². The first-order valence-electron chi connectivity index (χ1n) is 7.48. The number of anilines is 2. The van der Waals surface area contributed by atoms with E-state index in [-0.39, 0.29) is 18.0 Å². The number of nitrogens with zero attached hydrogens (tertiary/aromatic N) is 2. The van der Waals surface area contributed by atoms with Crippen molar-refractivity contribution < 1.29 is 39.6 Å². The van der Waals surface area contributed by atoms with Gasteiger partial charge in [0, 0.05) is 19.5 Å². The number of pyridine rings is 2. The van der Waals surface area contributed by atoms with Crippen molar-refractivity contribution in [1.82, 2.24) is 9.97 Å². The van der Waals surface area contributed by atoms with E-state index in [4.69, 9.17) is 0 Å². The Morgan fingerprint density at radius 1 is 0.966 bits per heavy atom. The van der Waals surface area contributed by atoms with Crippen LogP contribution in [-0.4, -0.2) is 37.6 Å². The smallest absolute Gasteiger partial charge is 0.385 e. The zero-order valence-corrected chi connectivity index (χ0v) is 15.4. The number of halogens is 6. The molecule has 14 heteroatoms. The Labute approximate surface area is 160 Å². The van der Waals surface area contributed by atoms with Crippen molar-refractivity contribution >= 4 is 27.1 Å². The molecule has 1 amide bonds. The third-order valence-corrected chi connectivity index (χ3v) is 4.62. The van der Waals surface area contributed by atoms with Gasteiger partial charge in [0.1, 0.15) is 11.4 Å². The maximum atomic E-state index is 12.8. The summed E-state index contributed by atoms with van der Waals surface area (Å²) in [6, 6.07) is 0.706. The highest BCUT2D eigenvalue weighted by atomic mass is 32.2. The first kappa shape index (κ1) is 22.4. The molecule has 2 aromatic heterocycles. The molecule has 0 unspecified atom stereocenters. The first-order valence-corrected chi connectivity index (χ1v) is 9.37. The van der Waals surface area contributed by atoms with E-state index in [0.29, 0.717) is 12.3 Å². The summed E-state index contributed by atoms with van der Waals surface area (Å²) in [5.41, 5.74) is -4.16. The van der Waals surface area contributed by atoms with Gasteiger partial charge in [-0.1, -0.05) is 0 Å². The van der Waals surface area contributed by atoms with E-state index in [9.17, 15) is 39.6 Å². The number of carbonyl (C=O) groups excluding carboxylic acids is 1. The van der Waals surface area contributed by atoms with Gasteiger partial charge < -0.3 is 10.6 Å². The number of aromatic nitrogens is 2. The summed E-state index contributed by atoms with van der Waals surface area (Å²) in [6.07, 6.45) is -8.18. The zero-order chi connectivity index (χ0) is 22.2. The summed E-state index contributed by atoms with van der Waals surface area (Å²) in [6.45, 7) is 0. The summed E-state index contributed by atoms with van der Waals surface area (Å²) >= 11 is 0. The van der Waals surface area contributed by atoms with Crippen molar-refractivity contribution in [2.24, 2.45) is 0 Å². The van der Waals surface area contributed by atoms with Gasteiger partial charge in [0.15, 0.2) is 9.84 Å². The van der Waals surface area contributed by atoms with E-state index in [0.717, 1.165) is 6.20 Å². The summed E-state index contributed by atoms with van der Waals surface area (Å²) in [4.78, 5) is 17.8. The van der Waals surface area contributed by atoms with Crippen LogP contribution in [-0.2, 0) is 22.2 Å². The lowest BCUT2D eigenvalue weighted by Gasteiger charge is -2.15. The van der Waals surface area contributed by atoms with Crippen molar-refractivity contribution in [3.05, 3.63) is 41.5 Å². The molecule has 0 bridgehead atoms. The normalized spacial score (nSPS) is 12.6. The highest BCUT2D eigenvalue weighted by Gasteiger charge is 2.35. The molecule has 0 radical (unpaired) electrons. The van der Waals surface area contributed by atoms with Crippen LogP contribution in [0.2, 0.25) is 0 Å². The Morgan fingerprint density at radius 2 is 1.59 bits per heavy atom. The van der Waals surface area contributed by atoms with Crippen molar-refractivity contribution in [3.63, 3.8) is 0 Å². The van der Waals surface area contributed by atoms with Crippen LogP contribution in [0.15, 0.2) is 29.4 Å². The molecule has 0 saturated heterocycles. The van der Waals surface area contributed by atoms with Crippen LogP contribution in [0.1, 0.15) is 21.7 Å². The molecule has 2 aromatic rings. The molecule has 29 heavy (non-hydrogen) atoms. The molecule has 2 N–H and O–H groups in total. The Morgan fingerprint density at radius 3 is 2.07 bits per heavy atom. The van der Waals surface area contributed by atoms with Gasteiger partial charge in [-0.05, 0) is 12.1 Å². The van der Waals surface area contributed by atoms with Gasteiger partial charge in [-0.2, -0.15) is 26.3 Å². The molecule has 0 aliphatic carbocycles. The topological polar surface area (TPSA) is 101 Å². The fraction of sp³-hybridized carbons (Fsp3) is 0.267. The van der Waals surface area contributed by atoms with E-state index in [1.54, 1.807) is 0 Å². The van der Waals surface area contributed by atoms with Crippen molar-refractivity contribution in [3.8, 4) is 0 Å². The van der Waals surface area contributed by atoms with Gasteiger partial charge in [0.2, 0.25) is 0 Å². The largest absolute Gasteiger partial charge is 0.433 e. The lowest BCUT2D eigenvalue weighted by molar-refractivity contribution is -0.141. The average Bonchev–Trinajstić information content (AvgIpc) is 2.58. The first-order chi connectivity index (χ1) is 13.1. The number of hydrogen-bond acceptors (Lipinski definition) is 6. The lowest BCUT2D eigenvalue weighted by Crippen LogP contribution is -2.21. The molecule has 158 valence electrons. The number of nitrogens with one attached hydrogen (secondary N) is 2. The molecular weight excluding hydrogens is 430 g/mol. The van der Waals surface area contributed by atoms with Crippen LogP contribution in [0, 0.1) is 0 Å². The summed E-state index contributed by atoms with van der Waals surface area (Å²) < 4.78 is 101. The fourth-order valence-corrected chi connectivity index (χ4v) is 2.98. The van der Waals surface area contributed by atoms with Crippen LogP contribution >= 0.6 is 0 Å². The quantitative estimate of drug-likeness (QED) is 0.706. The number of hydrogen-bond donors (Lipinski definition) is 2. The molecule has 0 aromatic carbocycles. The minimum absolute atomic E-state index is 0.0563. The van der Waals surface area contributed by atoms with Crippen LogP contribution < -0.4 is 10.6 Å². The second-order valence-corrected chi connectivity index (χ2v) is 7.64. The van der Waals surface area contributed by atoms with Crippen molar-refractivity contribution in [2.45, 2.75) is 17.2 Å². The number of carbonyl (C=O) groups is 1. The van der Waals surface area contributed by atoms with E-state index >= 15 is 0 Å². The van der Waals surface area contributed by atoms with Gasteiger partial charge in [-0.3, -0.25) is 4.79 Å². The average molecular weight is 442 g/mol. The summed E-state index contributed by atoms with van der Waals surface area (Å²) in [5.74, 6) is -1.32. The standard InChI is InChI=1S/C15H12F6N4O3S/c1-22-9-6-23-11(15(19,20)21)4-8(9)25-13(26)12-10(29(2,27)28)3-7(5-24-12)14(16,17)18/h3-6,22H,1-2H3,(H,23,25,26). The van der Waals surface area contributed by atoms with Crippen LogP contribution in [0.25, 0.3) is 0 Å². The highest BCUT2D eigenvalue weighted by Crippen LogP contribution is 2.33. The van der Waals surface area contributed by atoms with Crippen LogP contribution in [0.3, 0.4) is 0 Å². The highest BCUT2D eigenvalue weighted by molar-refractivity contribution is 7.90. The molecule has 0 aliphatic heterocycles. The van der Waals surface area contributed by atoms with Gasteiger partial charge in [-0.15, -0.1) is 0 Å². The van der Waals surface area contributed by atoms with Crippen LogP contribution in [0.4, 0.5) is 37.7 Å². The van der Waals surface area contributed by atoms with Crippen LogP contribution in [0.5, 0.6) is 0 Å². The van der Waals surface area contributed by atoms with Gasteiger partial charge in [0.05, 0.1) is 28.0 Å². The van der Waals surface area contributed by atoms with Gasteiger partial charge in [0.25, 0.3) is 5.91 Å². The number of alkyl halides is 6. The third kappa shape index (κ3) is 5.13. The Balaban J connectivity index is 2.54. The molecule has 0 spiro atoms. The predicted molar refractivity (Wildman–Crippen MR) is 89.1 cm³/mol. The zero-order valence-electron chi connectivity index (χ0n) is 14.6. The molecule has 0 saturated carbocycles. The molecule has 0 aliphatic rings. The molecule has 2 heterocycles. The van der Waals surface area contributed by atoms with E-state index in [2.05, 4.69) is 15.3 Å². The van der Waals surface area contributed by atoms with E-state index < -0.39 is 55.6 Å². The second kappa shape index (κ2) is 7.50. The van der Waals surface area contributed by atoms with E-state index in [1.807, 2.05) is 5.32 Å². The van der Waals surface area contributed by atoms with Gasteiger partial charge in [-0.25, -0.2) is 18.4 Å². The summed E-state index contributed by atoms with van der Waals surface area (Å²) in [5, 5.41) is 4.48. The SMILES string of the molecule is CNc1cnc(C(F)(F)F)cc1NC(=O)c1ncc(C(F)(F)F)cc1S(C)(=O)=O. The Hall–Kier alpha value is -2.90. The maximum absolute atomic E-state index is 12.8. The summed E-state index contributed by atoms with van der Waals surface area (Å²) in [7, 11) is -3.01. The maximum Gasteiger partial charge on any atom is 0.433 e. The monoisotopic (exact) mass is 442 g/mol. The molecular formula is C15H12F6N4O3S. The second-order valence-electron chi connectivity index (χ2n) is 5.66. The number of sulfone groups is 1. The third-order valence-electron chi connectivity index (χ3n) is 3.51. The minimum atomic E-state index is -4.92. The Kier molecular flexibility index (Phi) is 5.79. The molecule has 2 rings (SSSR count). The molecule has 0 atom stereocenters. The number of amides is 1. The van der Waals surface area contributed by atoms with Crippen molar-refractivity contribution in [1.29, 1.82) is 0 Å². The number of rotatable bonds is 4. The molecule has 0 fully saturated rings. The van der Waals surface area contributed by atoms with Gasteiger partial charge >= 0.3 is 12.4 Å². The Bertz CT molecular complexity index is 1050. The van der Waals surface area contributed by atoms with E-state index in [1.165, 1.54) is 7.05 Å². The fourth-order valence-electron chi connectivity index (χ4n) is 2.15. The minimum Gasteiger partial charge on any atom is -0.385 e.